The Morgan fingerprint density at radius 3 is 2.46 bits per heavy atom. The lowest BCUT2D eigenvalue weighted by Gasteiger charge is -2.33. The van der Waals surface area contributed by atoms with Gasteiger partial charge >= 0.3 is 6.09 Å². The Labute approximate surface area is 156 Å². The molecule has 6 nitrogen and oxygen atoms in total. The van der Waals surface area contributed by atoms with Crippen molar-refractivity contribution in [2.24, 2.45) is 0 Å². The summed E-state index contributed by atoms with van der Waals surface area (Å²) in [5, 5.41) is 14.5. The maximum absolute atomic E-state index is 12.2. The molecule has 1 fully saturated rings. The first-order valence-electron chi connectivity index (χ1n) is 9.68. The normalized spacial score (nSPS) is 14.9. The Morgan fingerprint density at radius 2 is 1.85 bits per heavy atom. The Morgan fingerprint density at radius 1 is 1.15 bits per heavy atom. The van der Waals surface area contributed by atoms with E-state index in [1.165, 1.54) is 0 Å². The molecule has 0 radical (unpaired) electrons. The minimum atomic E-state index is -0.988. The molecule has 1 aromatic rings. The number of unbranched alkanes of at least 4 members (excludes halogenated alkanes) is 2. The fraction of sp³-hybridized carbons (Fsp3) is 0.600. The van der Waals surface area contributed by atoms with Crippen molar-refractivity contribution in [1.29, 1.82) is 0 Å². The number of carbonyl (C=O) groups is 2. The molecule has 1 aromatic carbocycles. The molecule has 6 heteroatoms. The van der Waals surface area contributed by atoms with Gasteiger partial charge in [-0.05, 0) is 43.4 Å². The summed E-state index contributed by atoms with van der Waals surface area (Å²) in [6.07, 6.45) is 5.61. The molecule has 0 unspecified atom stereocenters. The smallest absolute Gasteiger partial charge is 0.404 e. The third-order valence-corrected chi connectivity index (χ3v) is 4.86. The second-order valence-corrected chi connectivity index (χ2v) is 6.94. The van der Waals surface area contributed by atoms with Gasteiger partial charge in [-0.2, -0.15) is 0 Å². The number of likely N-dealkylation sites (tertiary alicyclic amines) is 1. The largest absolute Gasteiger partial charge is 0.465 e. The van der Waals surface area contributed by atoms with Crippen molar-refractivity contribution in [3.63, 3.8) is 0 Å². The average Bonchev–Trinajstić information content (AvgIpc) is 2.63. The van der Waals surface area contributed by atoms with E-state index in [0.29, 0.717) is 31.3 Å². The van der Waals surface area contributed by atoms with E-state index in [9.17, 15) is 9.59 Å². The molecule has 1 heterocycles. The third-order valence-electron chi connectivity index (χ3n) is 4.86. The molecule has 0 aromatic heterocycles. The minimum absolute atomic E-state index is 0.302. The molecule has 26 heavy (non-hydrogen) atoms. The lowest BCUT2D eigenvalue weighted by Crippen LogP contribution is -2.42. The number of benzene rings is 1. The van der Waals surface area contributed by atoms with E-state index < -0.39 is 6.09 Å². The van der Waals surface area contributed by atoms with E-state index in [-0.39, 0.29) is 0 Å². The van der Waals surface area contributed by atoms with E-state index in [0.717, 1.165) is 56.4 Å². The second-order valence-electron chi connectivity index (χ2n) is 6.94. The molecule has 0 aliphatic carbocycles. The molecule has 2 amide bonds. The predicted octanol–water partition coefficient (Wildman–Crippen LogP) is 3.48. The SMILES string of the molecule is CCCCCC(=O)N1CCC(Nc2ccc(CCNC(=O)O)cc2)CC1. The average molecular weight is 361 g/mol. The van der Waals surface area contributed by atoms with E-state index in [1.54, 1.807) is 0 Å². The fourth-order valence-corrected chi connectivity index (χ4v) is 3.27. The highest BCUT2D eigenvalue weighted by Crippen LogP contribution is 2.18. The van der Waals surface area contributed by atoms with Gasteiger partial charge in [0.1, 0.15) is 0 Å². The number of anilines is 1. The summed E-state index contributed by atoms with van der Waals surface area (Å²) < 4.78 is 0. The number of carboxylic acid groups (broad SMARTS) is 1. The van der Waals surface area contributed by atoms with Crippen molar-refractivity contribution in [3.8, 4) is 0 Å². The summed E-state index contributed by atoms with van der Waals surface area (Å²) in [5.41, 5.74) is 2.18. The number of carbonyl (C=O) groups excluding carboxylic acids is 1. The minimum Gasteiger partial charge on any atom is -0.465 e. The van der Waals surface area contributed by atoms with Gasteiger partial charge < -0.3 is 20.6 Å². The molecular weight excluding hydrogens is 330 g/mol. The zero-order valence-electron chi connectivity index (χ0n) is 15.7. The van der Waals surface area contributed by atoms with Crippen LogP contribution in [0.4, 0.5) is 10.5 Å². The van der Waals surface area contributed by atoms with Gasteiger partial charge in [0, 0.05) is 37.8 Å². The Kier molecular flexibility index (Phi) is 8.25. The molecule has 1 aliphatic rings. The summed E-state index contributed by atoms with van der Waals surface area (Å²) >= 11 is 0. The van der Waals surface area contributed by atoms with Crippen LogP contribution >= 0.6 is 0 Å². The van der Waals surface area contributed by atoms with Crippen molar-refractivity contribution in [2.45, 2.75) is 57.9 Å². The van der Waals surface area contributed by atoms with Crippen LogP contribution in [0.25, 0.3) is 0 Å². The van der Waals surface area contributed by atoms with Gasteiger partial charge in [0.2, 0.25) is 5.91 Å². The van der Waals surface area contributed by atoms with Gasteiger partial charge in [0.25, 0.3) is 0 Å². The quantitative estimate of drug-likeness (QED) is 0.588. The number of hydrogen-bond acceptors (Lipinski definition) is 3. The summed E-state index contributed by atoms with van der Waals surface area (Å²) in [6.45, 7) is 4.25. The van der Waals surface area contributed by atoms with E-state index >= 15 is 0 Å². The van der Waals surface area contributed by atoms with E-state index in [1.807, 2.05) is 29.2 Å². The maximum atomic E-state index is 12.2. The van der Waals surface area contributed by atoms with Crippen molar-refractivity contribution in [3.05, 3.63) is 29.8 Å². The van der Waals surface area contributed by atoms with Crippen LogP contribution in [-0.4, -0.2) is 47.7 Å². The molecule has 144 valence electrons. The first-order chi connectivity index (χ1) is 12.6. The molecule has 1 aliphatic heterocycles. The Balaban J connectivity index is 1.70. The number of piperidine rings is 1. The second kappa shape index (κ2) is 10.7. The van der Waals surface area contributed by atoms with Gasteiger partial charge in [0.05, 0.1) is 0 Å². The Bertz CT molecular complexity index is 566. The lowest BCUT2D eigenvalue weighted by atomic mass is 10.0. The molecule has 2 rings (SSSR count). The molecular formula is C20H31N3O3. The fourth-order valence-electron chi connectivity index (χ4n) is 3.27. The Hall–Kier alpha value is -2.24. The summed E-state index contributed by atoms with van der Waals surface area (Å²) in [5.74, 6) is 0.302. The van der Waals surface area contributed by atoms with Crippen molar-refractivity contribution < 1.29 is 14.7 Å². The lowest BCUT2D eigenvalue weighted by molar-refractivity contribution is -0.132. The summed E-state index contributed by atoms with van der Waals surface area (Å²) in [6, 6.07) is 8.53. The van der Waals surface area contributed by atoms with Gasteiger partial charge in [-0.3, -0.25) is 4.79 Å². The van der Waals surface area contributed by atoms with Crippen LogP contribution in [0, 0.1) is 0 Å². The molecule has 0 spiro atoms. The number of rotatable bonds is 9. The van der Waals surface area contributed by atoms with Crippen LogP contribution in [0.15, 0.2) is 24.3 Å². The van der Waals surface area contributed by atoms with Gasteiger partial charge in [-0.25, -0.2) is 4.79 Å². The monoisotopic (exact) mass is 361 g/mol. The van der Waals surface area contributed by atoms with Crippen LogP contribution in [0.5, 0.6) is 0 Å². The summed E-state index contributed by atoms with van der Waals surface area (Å²) in [7, 11) is 0. The highest BCUT2D eigenvalue weighted by Gasteiger charge is 2.22. The first kappa shape index (κ1) is 20.1. The zero-order chi connectivity index (χ0) is 18.8. The maximum Gasteiger partial charge on any atom is 0.404 e. The van der Waals surface area contributed by atoms with Crippen LogP contribution in [0.1, 0.15) is 51.0 Å². The summed E-state index contributed by atoms with van der Waals surface area (Å²) in [4.78, 5) is 24.6. The van der Waals surface area contributed by atoms with E-state index in [2.05, 4.69) is 17.6 Å². The van der Waals surface area contributed by atoms with Gasteiger partial charge in [-0.15, -0.1) is 0 Å². The van der Waals surface area contributed by atoms with Crippen LogP contribution < -0.4 is 10.6 Å². The number of amides is 2. The topological polar surface area (TPSA) is 81.7 Å². The third kappa shape index (κ3) is 6.94. The van der Waals surface area contributed by atoms with Crippen LogP contribution in [-0.2, 0) is 11.2 Å². The highest BCUT2D eigenvalue weighted by molar-refractivity contribution is 5.76. The number of hydrogen-bond donors (Lipinski definition) is 3. The molecule has 0 saturated carbocycles. The van der Waals surface area contributed by atoms with Crippen LogP contribution in [0.2, 0.25) is 0 Å². The number of nitrogens with zero attached hydrogens (tertiary/aromatic N) is 1. The predicted molar refractivity (Wildman–Crippen MR) is 104 cm³/mol. The first-order valence-corrected chi connectivity index (χ1v) is 9.68. The molecule has 3 N–H and O–H groups in total. The van der Waals surface area contributed by atoms with Gasteiger partial charge in [-0.1, -0.05) is 31.9 Å². The van der Waals surface area contributed by atoms with Gasteiger partial charge in [0.15, 0.2) is 0 Å². The number of nitrogens with one attached hydrogen (secondary N) is 2. The van der Waals surface area contributed by atoms with Crippen molar-refractivity contribution >= 4 is 17.7 Å². The van der Waals surface area contributed by atoms with Crippen molar-refractivity contribution in [2.75, 3.05) is 25.0 Å². The molecule has 1 saturated heterocycles. The molecule has 0 bridgehead atoms. The highest BCUT2D eigenvalue weighted by atomic mass is 16.4. The molecule has 0 atom stereocenters. The van der Waals surface area contributed by atoms with E-state index in [4.69, 9.17) is 5.11 Å². The standard InChI is InChI=1S/C20H31N3O3/c1-2-3-4-5-19(24)23-14-11-18(12-15-23)22-17-8-6-16(7-9-17)10-13-21-20(25)26/h6-9,18,21-22H,2-5,10-15H2,1H3,(H,25,26). The van der Waals surface area contributed by atoms with Crippen LogP contribution in [0.3, 0.4) is 0 Å². The zero-order valence-corrected chi connectivity index (χ0v) is 15.7. The van der Waals surface area contributed by atoms with Crippen molar-refractivity contribution in [1.82, 2.24) is 10.2 Å².